The van der Waals surface area contributed by atoms with E-state index < -0.39 is 23.3 Å². The zero-order valence-electron chi connectivity index (χ0n) is 15.4. The van der Waals surface area contributed by atoms with Gasteiger partial charge in [0.2, 0.25) is 0 Å². The van der Waals surface area contributed by atoms with Gasteiger partial charge in [0.15, 0.2) is 5.78 Å². The molecule has 2 aromatic carbocycles. The minimum Gasteiger partial charge on any atom is -0.444 e. The molecule has 26 heavy (non-hydrogen) atoms. The summed E-state index contributed by atoms with van der Waals surface area (Å²) in [5, 5.41) is 15.0. The number of ketones is 1. The molecule has 3 rings (SSSR count). The van der Waals surface area contributed by atoms with Crippen LogP contribution >= 0.6 is 0 Å². The maximum absolute atomic E-state index is 13.0. The minimum atomic E-state index is -1.27. The number of hydrogen-bond acceptors (Lipinski definition) is 4. The number of carbonyl (C=O) groups excluding carboxylic acids is 2. The number of carbonyl (C=O) groups is 2. The quantitative estimate of drug-likeness (QED) is 0.862. The van der Waals surface area contributed by atoms with Gasteiger partial charge in [-0.2, -0.15) is 0 Å². The average Bonchev–Trinajstić information content (AvgIpc) is 2.57. The summed E-state index contributed by atoms with van der Waals surface area (Å²) in [7, 11) is 0. The first-order valence-corrected chi connectivity index (χ1v) is 8.94. The average molecular weight is 355 g/mol. The molecule has 138 valence electrons. The van der Waals surface area contributed by atoms with E-state index >= 15 is 0 Å². The van der Waals surface area contributed by atoms with Crippen molar-refractivity contribution >= 4 is 22.6 Å². The smallest absolute Gasteiger partial charge is 0.408 e. The van der Waals surface area contributed by atoms with Crippen LogP contribution in [0.25, 0.3) is 10.8 Å². The van der Waals surface area contributed by atoms with Crippen LogP contribution in [0.5, 0.6) is 0 Å². The number of alkyl carbamates (subject to hydrolysis) is 1. The Hall–Kier alpha value is -2.40. The van der Waals surface area contributed by atoms with Crippen molar-refractivity contribution in [2.45, 2.75) is 57.3 Å². The second-order valence-corrected chi connectivity index (χ2v) is 7.87. The number of aliphatic hydroxyl groups excluding tert-OH is 1. The molecular formula is C21H25NO4. The van der Waals surface area contributed by atoms with Gasteiger partial charge in [-0.25, -0.2) is 4.79 Å². The third kappa shape index (κ3) is 3.58. The molecule has 2 atom stereocenters. The molecule has 0 radical (unpaired) electrons. The van der Waals surface area contributed by atoms with Crippen molar-refractivity contribution < 1.29 is 19.4 Å². The molecule has 1 saturated carbocycles. The lowest BCUT2D eigenvalue weighted by atomic mass is 9.74. The van der Waals surface area contributed by atoms with E-state index in [-0.39, 0.29) is 5.78 Å². The number of benzene rings is 2. The van der Waals surface area contributed by atoms with Gasteiger partial charge in [-0.3, -0.25) is 4.79 Å². The molecule has 1 fully saturated rings. The van der Waals surface area contributed by atoms with Gasteiger partial charge in [0.05, 0.1) is 0 Å². The van der Waals surface area contributed by atoms with Gasteiger partial charge in [0.1, 0.15) is 17.2 Å². The molecule has 0 bridgehead atoms. The first-order chi connectivity index (χ1) is 12.2. The van der Waals surface area contributed by atoms with Gasteiger partial charge < -0.3 is 15.2 Å². The largest absolute Gasteiger partial charge is 0.444 e. The highest BCUT2D eigenvalue weighted by Gasteiger charge is 2.47. The number of nitrogens with one attached hydrogen (secondary N) is 1. The first kappa shape index (κ1) is 18.4. The van der Waals surface area contributed by atoms with Crippen LogP contribution in [0.15, 0.2) is 42.5 Å². The number of ether oxygens (including phenoxy) is 1. The van der Waals surface area contributed by atoms with E-state index in [1.807, 2.05) is 42.5 Å². The molecule has 2 aromatic rings. The fraction of sp³-hybridized carbons (Fsp3) is 0.429. The van der Waals surface area contributed by atoms with Crippen LogP contribution in [0.4, 0.5) is 4.79 Å². The van der Waals surface area contributed by atoms with E-state index in [4.69, 9.17) is 4.74 Å². The van der Waals surface area contributed by atoms with E-state index in [1.54, 1.807) is 20.8 Å². The molecule has 1 aliphatic rings. The van der Waals surface area contributed by atoms with Gasteiger partial charge in [0.25, 0.3) is 0 Å². The Kier molecular flexibility index (Phi) is 4.76. The molecule has 0 aromatic heterocycles. The zero-order valence-corrected chi connectivity index (χ0v) is 15.4. The van der Waals surface area contributed by atoms with E-state index in [1.165, 1.54) is 0 Å². The summed E-state index contributed by atoms with van der Waals surface area (Å²) in [6.07, 6.45) is -0.279. The van der Waals surface area contributed by atoms with Crippen LogP contribution in [0, 0.1) is 0 Å². The van der Waals surface area contributed by atoms with Crippen molar-refractivity contribution in [1.29, 1.82) is 0 Å². The summed E-state index contributed by atoms with van der Waals surface area (Å²) >= 11 is 0. The fourth-order valence-corrected chi connectivity index (χ4v) is 3.51. The molecule has 0 heterocycles. The van der Waals surface area contributed by atoms with E-state index in [2.05, 4.69) is 5.32 Å². The summed E-state index contributed by atoms with van der Waals surface area (Å²) in [6, 6.07) is 13.5. The lowest BCUT2D eigenvalue weighted by Crippen LogP contribution is -2.58. The van der Waals surface area contributed by atoms with Crippen molar-refractivity contribution in [1.82, 2.24) is 5.32 Å². The topological polar surface area (TPSA) is 75.6 Å². The van der Waals surface area contributed by atoms with Crippen LogP contribution < -0.4 is 5.32 Å². The Morgan fingerprint density at radius 3 is 2.58 bits per heavy atom. The highest BCUT2D eigenvalue weighted by atomic mass is 16.6. The summed E-state index contributed by atoms with van der Waals surface area (Å²) in [5.41, 5.74) is -1.28. The molecule has 2 N–H and O–H groups in total. The summed E-state index contributed by atoms with van der Waals surface area (Å²) < 4.78 is 5.37. The number of amides is 1. The summed E-state index contributed by atoms with van der Waals surface area (Å²) in [5.74, 6) is -0.384. The van der Waals surface area contributed by atoms with E-state index in [0.29, 0.717) is 24.8 Å². The lowest BCUT2D eigenvalue weighted by Gasteiger charge is -2.39. The number of Topliss-reactive ketones (excluding diaryl/α,β-unsaturated/α-hetero) is 1. The fourth-order valence-electron chi connectivity index (χ4n) is 3.51. The first-order valence-electron chi connectivity index (χ1n) is 8.94. The third-order valence-electron chi connectivity index (χ3n) is 4.71. The van der Waals surface area contributed by atoms with Gasteiger partial charge in [-0.05, 0) is 62.4 Å². The number of rotatable bonds is 2. The normalized spacial score (nSPS) is 23.7. The Labute approximate surface area is 153 Å². The second-order valence-electron chi connectivity index (χ2n) is 7.87. The molecule has 1 aliphatic carbocycles. The summed E-state index contributed by atoms with van der Waals surface area (Å²) in [6.45, 7) is 5.31. The Bertz CT molecular complexity index is 839. The van der Waals surface area contributed by atoms with Crippen LogP contribution in [0.2, 0.25) is 0 Å². The van der Waals surface area contributed by atoms with E-state index in [0.717, 1.165) is 10.8 Å². The highest BCUT2D eigenvalue weighted by molar-refractivity contribution is 5.97. The van der Waals surface area contributed by atoms with Crippen LogP contribution in [0.1, 0.15) is 45.6 Å². The third-order valence-corrected chi connectivity index (χ3v) is 4.71. The maximum atomic E-state index is 13.0. The highest BCUT2D eigenvalue weighted by Crippen LogP contribution is 2.36. The zero-order chi connectivity index (χ0) is 18.9. The number of fused-ring (bicyclic) bond motifs is 1. The molecule has 5 heteroatoms. The molecule has 0 spiro atoms. The standard InChI is InChI=1S/C21H25NO4/c1-20(2,3)26-19(25)22-21(12-6-9-17(23)18(21)24)16-11-10-14-7-4-5-8-15(14)13-16/h4-5,7-8,10-11,13,17,23H,6,9,12H2,1-3H3,(H,22,25). The number of aliphatic hydroxyl groups is 1. The Balaban J connectivity index is 2.04. The van der Waals surface area contributed by atoms with E-state index in [9.17, 15) is 14.7 Å². The molecule has 1 amide bonds. The number of hydrogen-bond donors (Lipinski definition) is 2. The van der Waals surface area contributed by atoms with Gasteiger partial charge in [-0.1, -0.05) is 36.4 Å². The molecule has 2 unspecified atom stereocenters. The minimum absolute atomic E-state index is 0.384. The van der Waals surface area contributed by atoms with Crippen molar-refractivity contribution in [3.8, 4) is 0 Å². The molecule has 5 nitrogen and oxygen atoms in total. The Morgan fingerprint density at radius 1 is 1.19 bits per heavy atom. The molecule has 0 saturated heterocycles. The van der Waals surface area contributed by atoms with Gasteiger partial charge >= 0.3 is 6.09 Å². The van der Waals surface area contributed by atoms with Crippen LogP contribution in [0.3, 0.4) is 0 Å². The van der Waals surface area contributed by atoms with Crippen molar-refractivity contribution in [2.24, 2.45) is 0 Å². The van der Waals surface area contributed by atoms with Gasteiger partial charge in [-0.15, -0.1) is 0 Å². The SMILES string of the molecule is CC(C)(C)OC(=O)NC1(c2ccc3ccccc3c2)CCCC(O)C1=O. The maximum Gasteiger partial charge on any atom is 0.408 e. The van der Waals surface area contributed by atoms with Crippen molar-refractivity contribution in [2.75, 3.05) is 0 Å². The molecule has 0 aliphatic heterocycles. The predicted octanol–water partition coefficient (Wildman–Crippen LogP) is 3.67. The van der Waals surface area contributed by atoms with Gasteiger partial charge in [0, 0.05) is 0 Å². The van der Waals surface area contributed by atoms with Crippen molar-refractivity contribution in [3.63, 3.8) is 0 Å². The predicted molar refractivity (Wildman–Crippen MR) is 99.9 cm³/mol. The Morgan fingerprint density at radius 2 is 1.88 bits per heavy atom. The summed E-state index contributed by atoms with van der Waals surface area (Å²) in [4.78, 5) is 25.4. The monoisotopic (exact) mass is 355 g/mol. The second kappa shape index (κ2) is 6.72. The lowest BCUT2D eigenvalue weighted by molar-refractivity contribution is -0.137. The van der Waals surface area contributed by atoms with Crippen molar-refractivity contribution in [3.05, 3.63) is 48.0 Å². The van der Waals surface area contributed by atoms with Crippen LogP contribution in [-0.4, -0.2) is 28.7 Å². The molecular weight excluding hydrogens is 330 g/mol. The van der Waals surface area contributed by atoms with Crippen LogP contribution in [-0.2, 0) is 15.1 Å².